The van der Waals surface area contributed by atoms with Crippen LogP contribution in [0.1, 0.15) is 19.3 Å². The minimum absolute atomic E-state index is 0.0216. The van der Waals surface area contributed by atoms with E-state index in [1.807, 2.05) is 0 Å². The Labute approximate surface area is 179 Å². The Balaban J connectivity index is 1.44. The van der Waals surface area contributed by atoms with E-state index in [9.17, 15) is 9.59 Å². The lowest BCUT2D eigenvalue weighted by atomic mass is 10.0. The molecule has 8 nitrogen and oxygen atoms in total. The smallest absolute Gasteiger partial charge is 0.292 e. The summed E-state index contributed by atoms with van der Waals surface area (Å²) in [6.07, 6.45) is 3.90. The van der Waals surface area contributed by atoms with Crippen molar-refractivity contribution >= 4 is 23.2 Å². The van der Waals surface area contributed by atoms with Crippen molar-refractivity contribution in [3.05, 3.63) is 45.8 Å². The zero-order valence-electron chi connectivity index (χ0n) is 16.8. The molecule has 2 unspecified atom stereocenters. The first-order chi connectivity index (χ1) is 14.5. The molecule has 1 amide bonds. The van der Waals surface area contributed by atoms with Crippen LogP contribution in [-0.2, 0) is 9.53 Å². The summed E-state index contributed by atoms with van der Waals surface area (Å²) >= 11 is 6.31. The zero-order chi connectivity index (χ0) is 21.1. The third-order valence-corrected chi connectivity index (χ3v) is 5.86. The van der Waals surface area contributed by atoms with Crippen molar-refractivity contribution in [3.8, 4) is 11.4 Å². The second-order valence-corrected chi connectivity index (χ2v) is 8.08. The average molecular weight is 433 g/mol. The van der Waals surface area contributed by atoms with Crippen LogP contribution >= 0.6 is 11.6 Å². The summed E-state index contributed by atoms with van der Waals surface area (Å²) in [5.74, 6) is 0.947. The monoisotopic (exact) mass is 432 g/mol. The Morgan fingerprint density at radius 3 is 2.73 bits per heavy atom. The van der Waals surface area contributed by atoms with Gasteiger partial charge in [0.15, 0.2) is 6.10 Å². The largest absolute Gasteiger partial charge is 0.481 e. The molecule has 4 rings (SSSR count). The van der Waals surface area contributed by atoms with Crippen molar-refractivity contribution in [2.24, 2.45) is 5.92 Å². The minimum Gasteiger partial charge on any atom is -0.481 e. The molecule has 30 heavy (non-hydrogen) atoms. The van der Waals surface area contributed by atoms with E-state index in [-0.39, 0.29) is 10.9 Å². The quantitative estimate of drug-likeness (QED) is 0.754. The van der Waals surface area contributed by atoms with Crippen molar-refractivity contribution in [1.29, 1.82) is 0 Å². The molecule has 2 saturated heterocycles. The van der Waals surface area contributed by atoms with Crippen molar-refractivity contribution in [2.45, 2.75) is 25.4 Å². The summed E-state index contributed by atoms with van der Waals surface area (Å²) in [7, 11) is 1.76. The van der Waals surface area contributed by atoms with E-state index in [0.717, 1.165) is 19.4 Å². The van der Waals surface area contributed by atoms with Crippen LogP contribution in [-0.4, -0.2) is 60.0 Å². The van der Waals surface area contributed by atoms with Crippen molar-refractivity contribution in [3.63, 3.8) is 0 Å². The van der Waals surface area contributed by atoms with E-state index < -0.39 is 11.7 Å². The lowest BCUT2D eigenvalue weighted by Crippen LogP contribution is -2.29. The van der Waals surface area contributed by atoms with Crippen LogP contribution in [0.25, 0.3) is 5.69 Å². The Morgan fingerprint density at radius 1 is 1.27 bits per heavy atom. The average Bonchev–Trinajstić information content (AvgIpc) is 3.08. The topological polar surface area (TPSA) is 85.7 Å². The molecule has 1 aromatic carbocycles. The van der Waals surface area contributed by atoms with Gasteiger partial charge in [0.1, 0.15) is 10.8 Å². The summed E-state index contributed by atoms with van der Waals surface area (Å²) in [4.78, 5) is 26.3. The van der Waals surface area contributed by atoms with E-state index in [4.69, 9.17) is 21.1 Å². The van der Waals surface area contributed by atoms with E-state index in [0.29, 0.717) is 49.2 Å². The van der Waals surface area contributed by atoms with Crippen LogP contribution in [0.15, 0.2) is 35.3 Å². The van der Waals surface area contributed by atoms with Crippen LogP contribution in [0, 0.1) is 5.92 Å². The fourth-order valence-corrected chi connectivity index (χ4v) is 3.89. The van der Waals surface area contributed by atoms with Crippen LogP contribution in [0.5, 0.6) is 5.75 Å². The first kappa shape index (κ1) is 20.7. The molecular formula is C21H25ClN4O4. The lowest BCUT2D eigenvalue weighted by Gasteiger charge is -2.22. The molecule has 160 valence electrons. The third-order valence-electron chi connectivity index (χ3n) is 5.49. The fourth-order valence-electron chi connectivity index (χ4n) is 3.69. The number of aromatic nitrogens is 2. The van der Waals surface area contributed by atoms with Crippen LogP contribution in [0.3, 0.4) is 0 Å². The van der Waals surface area contributed by atoms with Gasteiger partial charge in [-0.05, 0) is 43.0 Å². The van der Waals surface area contributed by atoms with Crippen molar-refractivity contribution in [2.75, 3.05) is 38.7 Å². The number of ether oxygens (including phenoxy) is 2. The number of likely N-dealkylation sites (tertiary alicyclic amines) is 1. The maximum atomic E-state index is 12.7. The molecular weight excluding hydrogens is 408 g/mol. The number of carbonyl (C=O) groups excluding carboxylic acids is 1. The second-order valence-electron chi connectivity index (χ2n) is 7.70. The molecule has 2 atom stereocenters. The predicted molar refractivity (Wildman–Crippen MR) is 114 cm³/mol. The SMILES string of the molecule is CN1CCC(Oc2ccc(-n3ncc(NCC4CCCOC4)c(Cl)c3=O)cc2)C1=O. The number of amides is 1. The van der Waals surface area contributed by atoms with Gasteiger partial charge in [-0.25, -0.2) is 0 Å². The van der Waals surface area contributed by atoms with E-state index in [1.54, 1.807) is 42.4 Å². The summed E-state index contributed by atoms with van der Waals surface area (Å²) in [6, 6.07) is 6.88. The molecule has 0 bridgehead atoms. The van der Waals surface area contributed by atoms with Gasteiger partial charge >= 0.3 is 0 Å². The van der Waals surface area contributed by atoms with E-state index >= 15 is 0 Å². The first-order valence-electron chi connectivity index (χ1n) is 10.1. The van der Waals surface area contributed by atoms with Gasteiger partial charge in [0.2, 0.25) is 0 Å². The summed E-state index contributed by atoms with van der Waals surface area (Å²) in [5, 5.41) is 7.57. The van der Waals surface area contributed by atoms with Crippen LogP contribution in [0.4, 0.5) is 5.69 Å². The van der Waals surface area contributed by atoms with Gasteiger partial charge in [-0.3, -0.25) is 9.59 Å². The van der Waals surface area contributed by atoms with Gasteiger partial charge in [0.05, 0.1) is 24.2 Å². The number of hydrogen-bond donors (Lipinski definition) is 1. The maximum absolute atomic E-state index is 12.7. The molecule has 0 saturated carbocycles. The Bertz CT molecular complexity index is 956. The maximum Gasteiger partial charge on any atom is 0.292 e. The predicted octanol–water partition coefficient (Wildman–Crippen LogP) is 2.33. The second kappa shape index (κ2) is 9.06. The summed E-state index contributed by atoms with van der Waals surface area (Å²) in [5.41, 5.74) is 0.687. The van der Waals surface area contributed by atoms with E-state index in [2.05, 4.69) is 10.4 Å². The zero-order valence-corrected chi connectivity index (χ0v) is 17.6. The molecule has 3 heterocycles. The molecule has 2 aliphatic rings. The number of hydrogen-bond acceptors (Lipinski definition) is 6. The summed E-state index contributed by atoms with van der Waals surface area (Å²) in [6.45, 7) is 2.90. The Morgan fingerprint density at radius 2 is 2.07 bits per heavy atom. The number of likely N-dealkylation sites (N-methyl/N-ethyl adjacent to an activating group) is 1. The first-order valence-corrected chi connectivity index (χ1v) is 10.5. The van der Waals surface area contributed by atoms with Crippen LogP contribution in [0.2, 0.25) is 5.02 Å². The number of anilines is 1. The highest BCUT2D eigenvalue weighted by Crippen LogP contribution is 2.22. The number of benzene rings is 1. The van der Waals surface area contributed by atoms with E-state index in [1.165, 1.54) is 4.68 Å². The number of nitrogens with zero attached hydrogens (tertiary/aromatic N) is 3. The molecule has 0 spiro atoms. The minimum atomic E-state index is -0.462. The van der Waals surface area contributed by atoms with Gasteiger partial charge in [-0.2, -0.15) is 9.78 Å². The highest BCUT2D eigenvalue weighted by Gasteiger charge is 2.30. The Hall–Kier alpha value is -2.58. The van der Waals surface area contributed by atoms with Crippen molar-refractivity contribution < 1.29 is 14.3 Å². The molecule has 2 fully saturated rings. The summed E-state index contributed by atoms with van der Waals surface area (Å²) < 4.78 is 12.5. The number of nitrogens with one attached hydrogen (secondary N) is 1. The fraction of sp³-hybridized carbons (Fsp3) is 0.476. The molecule has 0 aliphatic carbocycles. The number of halogens is 1. The number of carbonyl (C=O) groups is 1. The molecule has 1 N–H and O–H groups in total. The van der Waals surface area contributed by atoms with Gasteiger partial charge in [0.25, 0.3) is 11.5 Å². The third kappa shape index (κ3) is 4.44. The molecule has 9 heteroatoms. The molecule has 2 aromatic rings. The molecule has 2 aliphatic heterocycles. The van der Waals surface area contributed by atoms with Gasteiger partial charge in [-0.15, -0.1) is 0 Å². The van der Waals surface area contributed by atoms with Gasteiger partial charge < -0.3 is 19.7 Å². The Kier molecular flexibility index (Phi) is 6.24. The van der Waals surface area contributed by atoms with Crippen molar-refractivity contribution in [1.82, 2.24) is 14.7 Å². The van der Waals surface area contributed by atoms with Gasteiger partial charge in [-0.1, -0.05) is 11.6 Å². The number of rotatable bonds is 6. The lowest BCUT2D eigenvalue weighted by molar-refractivity contribution is -0.132. The standard InChI is InChI=1S/C21H25ClN4O4/c1-25-9-8-18(20(25)27)30-16-6-4-15(5-7-16)26-21(28)19(22)17(12-24-26)23-11-14-3-2-10-29-13-14/h4-7,12,14,18,23H,2-3,8-11,13H2,1H3. The molecule has 1 aromatic heterocycles. The van der Waals surface area contributed by atoms with Gasteiger partial charge in [0, 0.05) is 33.2 Å². The van der Waals surface area contributed by atoms with Crippen LogP contribution < -0.4 is 15.6 Å². The molecule has 0 radical (unpaired) electrons. The highest BCUT2D eigenvalue weighted by atomic mass is 35.5. The highest BCUT2D eigenvalue weighted by molar-refractivity contribution is 6.32. The normalized spacial score (nSPS) is 21.7.